The van der Waals surface area contributed by atoms with Crippen LogP contribution >= 0.6 is 15.9 Å². The van der Waals surface area contributed by atoms with Crippen LogP contribution in [0.1, 0.15) is 5.69 Å². The van der Waals surface area contributed by atoms with E-state index in [0.717, 1.165) is 21.6 Å². The number of benzene rings is 1. The van der Waals surface area contributed by atoms with E-state index in [1.165, 1.54) is 0 Å². The summed E-state index contributed by atoms with van der Waals surface area (Å²) >= 11 is 3.46. The first-order valence-corrected chi connectivity index (χ1v) is 7.12. The normalized spacial score (nSPS) is 10.1. The van der Waals surface area contributed by atoms with Crippen molar-refractivity contribution in [3.63, 3.8) is 0 Å². The number of aromatic nitrogens is 1. The molecule has 5 nitrogen and oxygen atoms in total. The minimum atomic E-state index is 0.527. The zero-order chi connectivity index (χ0) is 15.2. The molecule has 0 aliphatic carbocycles. The number of methoxy groups -OCH3 is 3. The van der Waals surface area contributed by atoms with E-state index in [1.54, 1.807) is 33.6 Å². The number of pyridine rings is 1. The molecule has 0 fully saturated rings. The van der Waals surface area contributed by atoms with E-state index < -0.39 is 0 Å². The summed E-state index contributed by atoms with van der Waals surface area (Å²) in [6, 6.07) is 7.55. The van der Waals surface area contributed by atoms with E-state index >= 15 is 0 Å². The highest BCUT2D eigenvalue weighted by Crippen LogP contribution is 2.31. The number of nitrogens with one attached hydrogen (secondary N) is 1. The number of nitrogens with zero attached hydrogens (tertiary/aromatic N) is 1. The summed E-state index contributed by atoms with van der Waals surface area (Å²) in [5.41, 5.74) is 1.73. The fourth-order valence-electron chi connectivity index (χ4n) is 1.94. The Hall–Kier alpha value is -1.95. The van der Waals surface area contributed by atoms with Gasteiger partial charge in [-0.2, -0.15) is 0 Å². The van der Waals surface area contributed by atoms with Gasteiger partial charge in [-0.05, 0) is 34.1 Å². The van der Waals surface area contributed by atoms with Gasteiger partial charge in [0.25, 0.3) is 0 Å². The van der Waals surface area contributed by atoms with Gasteiger partial charge in [-0.3, -0.25) is 4.98 Å². The van der Waals surface area contributed by atoms with E-state index in [9.17, 15) is 0 Å². The van der Waals surface area contributed by atoms with Crippen molar-refractivity contribution in [1.29, 1.82) is 0 Å². The van der Waals surface area contributed by atoms with Crippen LogP contribution in [0.2, 0.25) is 0 Å². The molecule has 0 atom stereocenters. The fourth-order valence-corrected chi connectivity index (χ4v) is 2.48. The molecule has 1 heterocycles. The van der Waals surface area contributed by atoms with Crippen LogP contribution in [-0.4, -0.2) is 26.3 Å². The van der Waals surface area contributed by atoms with Gasteiger partial charge in [-0.15, -0.1) is 0 Å². The number of halogens is 1. The molecule has 0 spiro atoms. The quantitative estimate of drug-likeness (QED) is 0.862. The van der Waals surface area contributed by atoms with Crippen LogP contribution in [0.5, 0.6) is 17.2 Å². The molecule has 112 valence electrons. The fraction of sp³-hybridized carbons (Fsp3) is 0.267. The minimum Gasteiger partial charge on any atom is -0.496 e. The Kier molecular flexibility index (Phi) is 5.27. The van der Waals surface area contributed by atoms with Crippen molar-refractivity contribution >= 4 is 21.6 Å². The van der Waals surface area contributed by atoms with Gasteiger partial charge in [0.1, 0.15) is 11.4 Å². The molecule has 1 N–H and O–H groups in total. The molecule has 6 heteroatoms. The van der Waals surface area contributed by atoms with Gasteiger partial charge in [0.05, 0.1) is 32.3 Å². The maximum atomic E-state index is 5.36. The Morgan fingerprint density at radius 2 is 1.81 bits per heavy atom. The zero-order valence-electron chi connectivity index (χ0n) is 12.1. The maximum Gasteiger partial charge on any atom is 0.184 e. The predicted molar refractivity (Wildman–Crippen MR) is 85.4 cm³/mol. The van der Waals surface area contributed by atoms with Crippen LogP contribution < -0.4 is 19.5 Å². The first-order valence-electron chi connectivity index (χ1n) is 6.33. The molecule has 2 rings (SSSR count). The first-order chi connectivity index (χ1) is 10.2. The Morgan fingerprint density at radius 3 is 2.43 bits per heavy atom. The first kappa shape index (κ1) is 15.4. The SMILES string of the molecule is COc1ccc(NCc2nccc(OC)c2OC)cc1Br. The summed E-state index contributed by atoms with van der Waals surface area (Å²) in [5, 5.41) is 3.30. The Balaban J connectivity index is 2.15. The molecule has 0 saturated heterocycles. The molecule has 0 aliphatic rings. The third-order valence-electron chi connectivity index (χ3n) is 2.98. The minimum absolute atomic E-state index is 0.527. The van der Waals surface area contributed by atoms with E-state index in [0.29, 0.717) is 18.0 Å². The molecular formula is C15H17BrN2O3. The molecular weight excluding hydrogens is 336 g/mol. The molecule has 0 aliphatic heterocycles. The lowest BCUT2D eigenvalue weighted by atomic mass is 10.2. The van der Waals surface area contributed by atoms with Crippen molar-refractivity contribution in [1.82, 2.24) is 4.98 Å². The highest BCUT2D eigenvalue weighted by Gasteiger charge is 2.11. The van der Waals surface area contributed by atoms with Crippen molar-refractivity contribution in [3.8, 4) is 17.2 Å². The summed E-state index contributed by atoms with van der Waals surface area (Å²) in [6.45, 7) is 0.527. The van der Waals surface area contributed by atoms with Crippen LogP contribution in [-0.2, 0) is 6.54 Å². The monoisotopic (exact) mass is 352 g/mol. The summed E-state index contributed by atoms with van der Waals surface area (Å²) in [7, 11) is 4.85. The summed E-state index contributed by atoms with van der Waals surface area (Å²) in [4.78, 5) is 4.33. The highest BCUT2D eigenvalue weighted by atomic mass is 79.9. The van der Waals surface area contributed by atoms with Crippen LogP contribution in [0.15, 0.2) is 34.9 Å². The summed E-state index contributed by atoms with van der Waals surface area (Å²) in [5.74, 6) is 2.10. The Bertz CT molecular complexity index is 620. The molecule has 0 unspecified atom stereocenters. The van der Waals surface area contributed by atoms with E-state index in [2.05, 4.69) is 26.2 Å². The van der Waals surface area contributed by atoms with Crippen LogP contribution in [0.3, 0.4) is 0 Å². The molecule has 1 aromatic carbocycles. The van der Waals surface area contributed by atoms with Crippen molar-refractivity contribution in [3.05, 3.63) is 40.6 Å². The zero-order valence-corrected chi connectivity index (χ0v) is 13.7. The second kappa shape index (κ2) is 7.17. The van der Waals surface area contributed by atoms with Crippen molar-refractivity contribution < 1.29 is 14.2 Å². The second-order valence-corrected chi connectivity index (χ2v) is 5.05. The molecule has 0 radical (unpaired) electrons. The van der Waals surface area contributed by atoms with Gasteiger partial charge in [0, 0.05) is 18.0 Å². The van der Waals surface area contributed by atoms with Crippen molar-refractivity contribution in [2.24, 2.45) is 0 Å². The molecule has 2 aromatic rings. The van der Waals surface area contributed by atoms with Gasteiger partial charge in [0.2, 0.25) is 0 Å². The standard InChI is InChI=1S/C15H17BrN2O3/c1-19-13-5-4-10(8-11(13)16)18-9-12-15(21-3)14(20-2)6-7-17-12/h4-8,18H,9H2,1-3H3. The lowest BCUT2D eigenvalue weighted by Crippen LogP contribution is -2.05. The Morgan fingerprint density at radius 1 is 1.05 bits per heavy atom. The third-order valence-corrected chi connectivity index (χ3v) is 3.60. The molecule has 0 saturated carbocycles. The number of hydrogen-bond acceptors (Lipinski definition) is 5. The van der Waals surface area contributed by atoms with Gasteiger partial charge < -0.3 is 19.5 Å². The molecule has 1 aromatic heterocycles. The topological polar surface area (TPSA) is 52.6 Å². The van der Waals surface area contributed by atoms with E-state index in [1.807, 2.05) is 18.2 Å². The molecule has 21 heavy (non-hydrogen) atoms. The summed E-state index contributed by atoms with van der Waals surface area (Å²) < 4.78 is 16.7. The maximum absolute atomic E-state index is 5.36. The average Bonchev–Trinajstić information content (AvgIpc) is 2.52. The lowest BCUT2D eigenvalue weighted by molar-refractivity contribution is 0.350. The highest BCUT2D eigenvalue weighted by molar-refractivity contribution is 9.10. The molecule has 0 amide bonds. The van der Waals surface area contributed by atoms with Gasteiger partial charge >= 0.3 is 0 Å². The lowest BCUT2D eigenvalue weighted by Gasteiger charge is -2.13. The summed E-state index contributed by atoms with van der Waals surface area (Å²) in [6.07, 6.45) is 1.70. The number of hydrogen-bond donors (Lipinski definition) is 1. The Labute approximate surface area is 132 Å². The number of rotatable bonds is 6. The number of ether oxygens (including phenoxy) is 3. The third kappa shape index (κ3) is 3.58. The van der Waals surface area contributed by atoms with Gasteiger partial charge in [-0.25, -0.2) is 0 Å². The number of anilines is 1. The van der Waals surface area contributed by atoms with Crippen LogP contribution in [0, 0.1) is 0 Å². The smallest absolute Gasteiger partial charge is 0.184 e. The van der Waals surface area contributed by atoms with Gasteiger partial charge in [0.15, 0.2) is 11.5 Å². The van der Waals surface area contributed by atoms with Crippen LogP contribution in [0.4, 0.5) is 5.69 Å². The second-order valence-electron chi connectivity index (χ2n) is 4.20. The van der Waals surface area contributed by atoms with E-state index in [-0.39, 0.29) is 0 Å². The molecule has 0 bridgehead atoms. The van der Waals surface area contributed by atoms with Crippen molar-refractivity contribution in [2.45, 2.75) is 6.54 Å². The van der Waals surface area contributed by atoms with E-state index in [4.69, 9.17) is 14.2 Å². The van der Waals surface area contributed by atoms with Crippen molar-refractivity contribution in [2.75, 3.05) is 26.6 Å². The largest absolute Gasteiger partial charge is 0.496 e. The predicted octanol–water partition coefficient (Wildman–Crippen LogP) is 3.48. The average molecular weight is 353 g/mol. The van der Waals surface area contributed by atoms with Crippen LogP contribution in [0.25, 0.3) is 0 Å². The van der Waals surface area contributed by atoms with Gasteiger partial charge in [-0.1, -0.05) is 0 Å².